The van der Waals surface area contributed by atoms with Crippen molar-refractivity contribution < 1.29 is 9.53 Å². The van der Waals surface area contributed by atoms with Gasteiger partial charge in [0.15, 0.2) is 11.0 Å². The van der Waals surface area contributed by atoms with Gasteiger partial charge < -0.3 is 14.6 Å². The van der Waals surface area contributed by atoms with Crippen molar-refractivity contribution in [2.75, 3.05) is 18.2 Å². The van der Waals surface area contributed by atoms with Gasteiger partial charge in [-0.25, -0.2) is 4.98 Å². The van der Waals surface area contributed by atoms with Crippen LogP contribution in [0.25, 0.3) is 11.4 Å². The van der Waals surface area contributed by atoms with Crippen LogP contribution in [-0.4, -0.2) is 38.5 Å². The Bertz CT molecular complexity index is 933. The number of nitrogens with zero attached hydrogens (tertiary/aromatic N) is 4. The third-order valence-corrected chi connectivity index (χ3v) is 4.90. The lowest BCUT2D eigenvalue weighted by atomic mass is 10.2. The quantitative estimate of drug-likeness (QED) is 0.605. The molecule has 2 aromatic heterocycles. The molecule has 1 amide bonds. The molecule has 0 aliphatic rings. The summed E-state index contributed by atoms with van der Waals surface area (Å²) in [5, 5.41) is 12.5. The topological polar surface area (TPSA) is 81.9 Å². The SMILES string of the molecule is CCn1c(SCC(=O)Nc2ccccn2)nnc1-c1cc(Cl)ccc1OC. The van der Waals surface area contributed by atoms with E-state index in [1.54, 1.807) is 43.6 Å². The standard InChI is InChI=1S/C18H18ClN5O2S/c1-3-24-17(13-10-12(19)7-8-14(13)26-2)22-23-18(24)27-11-16(25)21-15-6-4-5-9-20-15/h4-10H,3,11H2,1-2H3,(H,20,21,25). The lowest BCUT2D eigenvalue weighted by Gasteiger charge is -2.11. The summed E-state index contributed by atoms with van der Waals surface area (Å²) in [5.74, 6) is 1.85. The Kier molecular flexibility index (Phi) is 6.31. The van der Waals surface area contributed by atoms with E-state index in [0.29, 0.717) is 34.1 Å². The van der Waals surface area contributed by atoms with E-state index in [-0.39, 0.29) is 11.7 Å². The number of pyridine rings is 1. The van der Waals surface area contributed by atoms with Gasteiger partial charge in [-0.05, 0) is 37.3 Å². The van der Waals surface area contributed by atoms with Crippen molar-refractivity contribution in [1.29, 1.82) is 0 Å². The molecule has 27 heavy (non-hydrogen) atoms. The molecule has 1 aromatic carbocycles. The average Bonchev–Trinajstić information content (AvgIpc) is 3.10. The molecule has 2 heterocycles. The number of amides is 1. The maximum Gasteiger partial charge on any atom is 0.236 e. The largest absolute Gasteiger partial charge is 0.496 e. The molecule has 1 N–H and O–H groups in total. The molecule has 0 radical (unpaired) electrons. The van der Waals surface area contributed by atoms with Gasteiger partial charge in [-0.3, -0.25) is 4.79 Å². The van der Waals surface area contributed by atoms with Crippen molar-refractivity contribution in [3.63, 3.8) is 0 Å². The summed E-state index contributed by atoms with van der Waals surface area (Å²) in [5.41, 5.74) is 0.754. The maximum atomic E-state index is 12.1. The summed E-state index contributed by atoms with van der Waals surface area (Å²) in [6, 6.07) is 10.7. The molecule has 7 nitrogen and oxygen atoms in total. The Hall–Kier alpha value is -2.58. The first-order valence-electron chi connectivity index (χ1n) is 8.23. The maximum absolute atomic E-state index is 12.1. The van der Waals surface area contributed by atoms with Crippen LogP contribution in [0.3, 0.4) is 0 Å². The number of nitrogens with one attached hydrogen (secondary N) is 1. The van der Waals surface area contributed by atoms with Crippen LogP contribution in [-0.2, 0) is 11.3 Å². The van der Waals surface area contributed by atoms with Gasteiger partial charge in [-0.1, -0.05) is 29.4 Å². The zero-order valence-electron chi connectivity index (χ0n) is 14.8. The second-order valence-electron chi connectivity index (χ2n) is 5.45. The molecule has 3 rings (SSSR count). The highest BCUT2D eigenvalue weighted by molar-refractivity contribution is 7.99. The molecule has 140 valence electrons. The predicted molar refractivity (Wildman–Crippen MR) is 106 cm³/mol. The van der Waals surface area contributed by atoms with Crippen LogP contribution < -0.4 is 10.1 Å². The first-order chi connectivity index (χ1) is 13.1. The highest BCUT2D eigenvalue weighted by Gasteiger charge is 2.18. The lowest BCUT2D eigenvalue weighted by Crippen LogP contribution is -2.15. The summed E-state index contributed by atoms with van der Waals surface area (Å²) in [4.78, 5) is 16.2. The van der Waals surface area contributed by atoms with Crippen LogP contribution in [0.4, 0.5) is 5.82 Å². The number of methoxy groups -OCH3 is 1. The number of hydrogen-bond donors (Lipinski definition) is 1. The second kappa shape index (κ2) is 8.88. The van der Waals surface area contributed by atoms with E-state index in [1.165, 1.54) is 11.8 Å². The minimum Gasteiger partial charge on any atom is -0.496 e. The van der Waals surface area contributed by atoms with Crippen LogP contribution in [0.15, 0.2) is 47.8 Å². The zero-order chi connectivity index (χ0) is 19.2. The number of rotatable bonds is 7. The highest BCUT2D eigenvalue weighted by atomic mass is 35.5. The normalized spacial score (nSPS) is 10.6. The Balaban J connectivity index is 1.76. The molecule has 3 aromatic rings. The number of thioether (sulfide) groups is 1. The number of ether oxygens (including phenoxy) is 1. The average molecular weight is 404 g/mol. The molecule has 0 saturated carbocycles. The molecule has 0 atom stereocenters. The van der Waals surface area contributed by atoms with Gasteiger partial charge in [0.25, 0.3) is 0 Å². The van der Waals surface area contributed by atoms with Crippen molar-refractivity contribution in [3.05, 3.63) is 47.6 Å². The monoisotopic (exact) mass is 403 g/mol. The van der Waals surface area contributed by atoms with Crippen LogP contribution >= 0.6 is 23.4 Å². The summed E-state index contributed by atoms with van der Waals surface area (Å²) in [6.45, 7) is 2.63. The van der Waals surface area contributed by atoms with E-state index in [9.17, 15) is 4.79 Å². The van der Waals surface area contributed by atoms with Gasteiger partial charge in [0, 0.05) is 17.8 Å². The zero-order valence-corrected chi connectivity index (χ0v) is 16.4. The Morgan fingerprint density at radius 1 is 1.30 bits per heavy atom. The van der Waals surface area contributed by atoms with Crippen LogP contribution in [0.1, 0.15) is 6.92 Å². The van der Waals surface area contributed by atoms with Crippen LogP contribution in [0, 0.1) is 0 Å². The van der Waals surface area contributed by atoms with Gasteiger partial charge >= 0.3 is 0 Å². The Labute approximate surface area is 166 Å². The van der Waals surface area contributed by atoms with Gasteiger partial charge in [0.05, 0.1) is 18.4 Å². The van der Waals surface area contributed by atoms with E-state index >= 15 is 0 Å². The van der Waals surface area contributed by atoms with Gasteiger partial charge in [-0.2, -0.15) is 0 Å². The minimum atomic E-state index is -0.161. The third kappa shape index (κ3) is 4.58. The number of halogens is 1. The van der Waals surface area contributed by atoms with Gasteiger partial charge in [0.2, 0.25) is 5.91 Å². The fourth-order valence-electron chi connectivity index (χ4n) is 2.48. The van der Waals surface area contributed by atoms with Crippen molar-refractivity contribution in [1.82, 2.24) is 19.7 Å². The minimum absolute atomic E-state index is 0.161. The molecule has 9 heteroatoms. The van der Waals surface area contributed by atoms with Crippen molar-refractivity contribution in [3.8, 4) is 17.1 Å². The molecular formula is C18H18ClN5O2S. The van der Waals surface area contributed by atoms with Crippen LogP contribution in [0.2, 0.25) is 5.02 Å². The summed E-state index contributed by atoms with van der Waals surface area (Å²) < 4.78 is 7.33. The van der Waals surface area contributed by atoms with Gasteiger partial charge in [-0.15, -0.1) is 10.2 Å². The van der Waals surface area contributed by atoms with Crippen LogP contribution in [0.5, 0.6) is 5.75 Å². The lowest BCUT2D eigenvalue weighted by molar-refractivity contribution is -0.113. The van der Waals surface area contributed by atoms with E-state index in [4.69, 9.17) is 16.3 Å². The molecule has 0 fully saturated rings. The first kappa shape index (κ1) is 19.2. The summed E-state index contributed by atoms with van der Waals surface area (Å²) in [6.07, 6.45) is 1.63. The Morgan fingerprint density at radius 2 is 2.15 bits per heavy atom. The number of anilines is 1. The molecule has 0 aliphatic carbocycles. The van der Waals surface area contributed by atoms with E-state index in [0.717, 1.165) is 5.56 Å². The highest BCUT2D eigenvalue weighted by Crippen LogP contribution is 2.33. The molecule has 0 unspecified atom stereocenters. The smallest absolute Gasteiger partial charge is 0.236 e. The third-order valence-electron chi connectivity index (χ3n) is 3.70. The number of benzene rings is 1. The predicted octanol–water partition coefficient (Wildman–Crippen LogP) is 3.75. The van der Waals surface area contributed by atoms with Crippen molar-refractivity contribution >= 4 is 35.1 Å². The molecule has 0 spiro atoms. The Morgan fingerprint density at radius 3 is 2.85 bits per heavy atom. The fourth-order valence-corrected chi connectivity index (χ4v) is 3.45. The molecular weight excluding hydrogens is 386 g/mol. The molecule has 0 saturated heterocycles. The fraction of sp³-hybridized carbons (Fsp3) is 0.222. The number of aromatic nitrogens is 4. The summed E-state index contributed by atoms with van der Waals surface area (Å²) >= 11 is 7.44. The number of carbonyl (C=O) groups excluding carboxylic acids is 1. The van der Waals surface area contributed by atoms with E-state index < -0.39 is 0 Å². The second-order valence-corrected chi connectivity index (χ2v) is 6.83. The van der Waals surface area contributed by atoms with E-state index in [1.807, 2.05) is 17.6 Å². The first-order valence-corrected chi connectivity index (χ1v) is 9.59. The van der Waals surface area contributed by atoms with Crippen molar-refractivity contribution in [2.45, 2.75) is 18.6 Å². The molecule has 0 aliphatic heterocycles. The molecule has 0 bridgehead atoms. The van der Waals surface area contributed by atoms with Crippen molar-refractivity contribution in [2.24, 2.45) is 0 Å². The van der Waals surface area contributed by atoms with Gasteiger partial charge in [0.1, 0.15) is 11.6 Å². The van der Waals surface area contributed by atoms with E-state index in [2.05, 4.69) is 20.5 Å². The summed E-state index contributed by atoms with van der Waals surface area (Å²) in [7, 11) is 1.59. The number of carbonyl (C=O) groups is 1. The number of hydrogen-bond acceptors (Lipinski definition) is 6.